The van der Waals surface area contributed by atoms with Gasteiger partial charge in [-0.25, -0.2) is 0 Å². The molecule has 4 rings (SSSR count). The van der Waals surface area contributed by atoms with Gasteiger partial charge in [0.25, 0.3) is 5.91 Å². The lowest BCUT2D eigenvalue weighted by Gasteiger charge is -2.39. The SMILES string of the molecule is COc1cc(C2NC(=O)C(C#N)=C(S)N2c2cc(C)ccc2C)ccc1OCc1ccccc1. The molecule has 0 bridgehead atoms. The summed E-state index contributed by atoms with van der Waals surface area (Å²) in [6, 6.07) is 23.4. The van der Waals surface area contributed by atoms with Gasteiger partial charge >= 0.3 is 0 Å². The summed E-state index contributed by atoms with van der Waals surface area (Å²) in [6.07, 6.45) is -0.588. The van der Waals surface area contributed by atoms with Crippen LogP contribution in [0.1, 0.15) is 28.4 Å². The number of ether oxygens (including phenoxy) is 2. The lowest BCUT2D eigenvalue weighted by Crippen LogP contribution is -2.46. The van der Waals surface area contributed by atoms with Gasteiger partial charge in [0.1, 0.15) is 24.4 Å². The van der Waals surface area contributed by atoms with E-state index in [-0.39, 0.29) is 5.57 Å². The van der Waals surface area contributed by atoms with Gasteiger partial charge in [-0.15, -0.1) is 12.6 Å². The van der Waals surface area contributed by atoms with Crippen molar-refractivity contribution in [2.24, 2.45) is 0 Å². The Labute approximate surface area is 204 Å². The van der Waals surface area contributed by atoms with Crippen LogP contribution in [-0.2, 0) is 11.4 Å². The minimum Gasteiger partial charge on any atom is -0.493 e. The quantitative estimate of drug-likeness (QED) is 0.484. The summed E-state index contributed by atoms with van der Waals surface area (Å²) in [5, 5.41) is 12.8. The number of hydrogen-bond donors (Lipinski definition) is 2. The predicted molar refractivity (Wildman–Crippen MR) is 135 cm³/mol. The molecule has 1 amide bonds. The number of anilines is 1. The molecule has 0 saturated heterocycles. The average molecular weight is 472 g/mol. The molecule has 172 valence electrons. The van der Waals surface area contributed by atoms with Crippen molar-refractivity contribution in [3.63, 3.8) is 0 Å². The van der Waals surface area contributed by atoms with Crippen molar-refractivity contribution in [1.82, 2.24) is 5.32 Å². The minimum atomic E-state index is -0.588. The van der Waals surface area contributed by atoms with Crippen LogP contribution in [0, 0.1) is 25.2 Å². The number of nitrogens with one attached hydrogen (secondary N) is 1. The van der Waals surface area contributed by atoms with Crippen LogP contribution in [0.5, 0.6) is 11.5 Å². The molecule has 0 saturated carbocycles. The van der Waals surface area contributed by atoms with Crippen molar-refractivity contribution >= 4 is 24.2 Å². The van der Waals surface area contributed by atoms with Crippen molar-refractivity contribution < 1.29 is 14.3 Å². The number of methoxy groups -OCH3 is 1. The highest BCUT2D eigenvalue weighted by Crippen LogP contribution is 2.40. The third kappa shape index (κ3) is 4.59. The van der Waals surface area contributed by atoms with E-state index in [0.29, 0.717) is 23.1 Å². The predicted octanol–water partition coefficient (Wildman–Crippen LogP) is 5.19. The van der Waals surface area contributed by atoms with E-state index < -0.39 is 12.1 Å². The molecule has 7 heteroatoms. The molecular weight excluding hydrogens is 446 g/mol. The average Bonchev–Trinajstić information content (AvgIpc) is 2.85. The van der Waals surface area contributed by atoms with Crippen LogP contribution in [0.4, 0.5) is 5.69 Å². The fourth-order valence-corrected chi connectivity index (χ4v) is 4.25. The molecule has 0 aliphatic carbocycles. The number of thiol groups is 1. The number of nitrogens with zero attached hydrogens (tertiary/aromatic N) is 2. The topological polar surface area (TPSA) is 74.6 Å². The highest BCUT2D eigenvalue weighted by Gasteiger charge is 2.35. The van der Waals surface area contributed by atoms with E-state index in [1.807, 2.05) is 91.5 Å². The van der Waals surface area contributed by atoms with Crippen molar-refractivity contribution in [2.75, 3.05) is 12.0 Å². The van der Waals surface area contributed by atoms with Crippen LogP contribution < -0.4 is 19.7 Å². The Kier molecular flexibility index (Phi) is 6.80. The van der Waals surface area contributed by atoms with Crippen molar-refractivity contribution in [2.45, 2.75) is 26.6 Å². The second-order valence-electron chi connectivity index (χ2n) is 8.03. The van der Waals surface area contributed by atoms with Crippen molar-refractivity contribution in [3.05, 3.63) is 99.6 Å². The molecule has 0 aromatic heterocycles. The van der Waals surface area contributed by atoms with E-state index in [0.717, 1.165) is 27.9 Å². The maximum absolute atomic E-state index is 12.7. The molecule has 1 heterocycles. The number of carbonyl (C=O) groups is 1. The standard InChI is InChI=1S/C27H25N3O3S/c1-17-9-10-18(2)22(13-17)30-25(29-26(31)21(15-28)27(30)34)20-11-12-23(24(14-20)32-3)33-16-19-7-5-4-6-8-19/h4-14,25,34H,16H2,1-3H3,(H,29,31). The lowest BCUT2D eigenvalue weighted by molar-refractivity contribution is -0.118. The molecule has 1 N–H and O–H groups in total. The fourth-order valence-electron chi connectivity index (χ4n) is 3.88. The summed E-state index contributed by atoms with van der Waals surface area (Å²) < 4.78 is 11.6. The molecule has 1 aliphatic heterocycles. The monoisotopic (exact) mass is 471 g/mol. The van der Waals surface area contributed by atoms with Gasteiger partial charge in [0.15, 0.2) is 11.5 Å². The molecule has 0 fully saturated rings. The maximum atomic E-state index is 12.7. The molecule has 3 aromatic rings. The van der Waals surface area contributed by atoms with E-state index in [9.17, 15) is 10.1 Å². The molecule has 6 nitrogen and oxygen atoms in total. The van der Waals surface area contributed by atoms with Gasteiger partial charge in [-0.05, 0) is 54.3 Å². The Morgan fingerprint density at radius 2 is 1.82 bits per heavy atom. The normalized spacial score (nSPS) is 15.6. The zero-order chi connectivity index (χ0) is 24.2. The Hall–Kier alpha value is -3.89. The molecule has 34 heavy (non-hydrogen) atoms. The van der Waals surface area contributed by atoms with Crippen LogP contribution in [0.3, 0.4) is 0 Å². The van der Waals surface area contributed by atoms with Crippen LogP contribution >= 0.6 is 12.6 Å². The van der Waals surface area contributed by atoms with Crippen LogP contribution in [0.25, 0.3) is 0 Å². The Morgan fingerprint density at radius 1 is 1.06 bits per heavy atom. The number of rotatable bonds is 6. The van der Waals surface area contributed by atoms with Gasteiger partial charge in [-0.1, -0.05) is 48.5 Å². The minimum absolute atomic E-state index is 0.0322. The number of amides is 1. The molecule has 1 aliphatic rings. The maximum Gasteiger partial charge on any atom is 0.266 e. The third-order valence-corrected chi connectivity index (χ3v) is 6.12. The Bertz CT molecular complexity index is 1300. The first-order valence-electron chi connectivity index (χ1n) is 10.8. The van der Waals surface area contributed by atoms with Crippen molar-refractivity contribution in [3.8, 4) is 17.6 Å². The summed E-state index contributed by atoms with van der Waals surface area (Å²) in [7, 11) is 1.58. The first kappa shape index (κ1) is 23.3. The summed E-state index contributed by atoms with van der Waals surface area (Å²) >= 11 is 4.60. The fraction of sp³-hybridized carbons (Fsp3) is 0.185. The molecule has 3 aromatic carbocycles. The van der Waals surface area contributed by atoms with Crippen LogP contribution in [-0.4, -0.2) is 13.0 Å². The molecular formula is C27H25N3O3S. The summed E-state index contributed by atoms with van der Waals surface area (Å²) in [5.74, 6) is 0.664. The molecule has 0 radical (unpaired) electrons. The molecule has 1 atom stereocenters. The van der Waals surface area contributed by atoms with Crippen LogP contribution in [0.15, 0.2) is 77.3 Å². The number of benzene rings is 3. The summed E-state index contributed by atoms with van der Waals surface area (Å²) in [4.78, 5) is 14.6. The van der Waals surface area contributed by atoms with Gasteiger partial charge in [0.05, 0.1) is 12.1 Å². The highest BCUT2D eigenvalue weighted by molar-refractivity contribution is 7.84. The van der Waals surface area contributed by atoms with E-state index >= 15 is 0 Å². The number of aryl methyl sites for hydroxylation is 2. The largest absolute Gasteiger partial charge is 0.493 e. The van der Waals surface area contributed by atoms with Gasteiger partial charge in [-0.2, -0.15) is 5.26 Å². The highest BCUT2D eigenvalue weighted by atomic mass is 32.1. The lowest BCUT2D eigenvalue weighted by atomic mass is 10.0. The smallest absolute Gasteiger partial charge is 0.266 e. The Balaban J connectivity index is 1.73. The van der Waals surface area contributed by atoms with Gasteiger partial charge in [0.2, 0.25) is 0 Å². The first-order chi connectivity index (χ1) is 16.4. The van der Waals surface area contributed by atoms with Crippen molar-refractivity contribution in [1.29, 1.82) is 5.26 Å². The summed E-state index contributed by atoms with van der Waals surface area (Å²) in [6.45, 7) is 4.38. The number of carbonyl (C=O) groups excluding carboxylic acids is 1. The van der Waals surface area contributed by atoms with Crippen LogP contribution in [0.2, 0.25) is 0 Å². The van der Waals surface area contributed by atoms with Gasteiger partial charge < -0.3 is 19.7 Å². The van der Waals surface area contributed by atoms with E-state index in [4.69, 9.17) is 9.47 Å². The summed E-state index contributed by atoms with van der Waals surface area (Å²) in [5.41, 5.74) is 4.68. The van der Waals surface area contributed by atoms with Gasteiger partial charge in [-0.3, -0.25) is 4.79 Å². The first-order valence-corrected chi connectivity index (χ1v) is 11.2. The van der Waals surface area contributed by atoms with E-state index in [1.165, 1.54) is 0 Å². The Morgan fingerprint density at radius 3 is 2.53 bits per heavy atom. The van der Waals surface area contributed by atoms with Gasteiger partial charge in [0, 0.05) is 5.69 Å². The number of hydrogen-bond acceptors (Lipinski definition) is 6. The third-order valence-electron chi connectivity index (χ3n) is 5.68. The van der Waals surface area contributed by atoms with E-state index in [2.05, 4.69) is 17.9 Å². The number of nitriles is 1. The second kappa shape index (κ2) is 9.94. The molecule has 1 unspecified atom stereocenters. The molecule has 0 spiro atoms. The second-order valence-corrected chi connectivity index (χ2v) is 8.45. The zero-order valence-electron chi connectivity index (χ0n) is 19.2. The zero-order valence-corrected chi connectivity index (χ0v) is 20.1. The van der Waals surface area contributed by atoms with E-state index in [1.54, 1.807) is 7.11 Å².